The van der Waals surface area contributed by atoms with Gasteiger partial charge in [0.05, 0.1) is 24.7 Å². The number of carboxylic acid groups (broad SMARTS) is 1. The van der Waals surface area contributed by atoms with Gasteiger partial charge in [0.25, 0.3) is 0 Å². The maximum Gasteiger partial charge on any atom is 0.335 e. The minimum absolute atomic E-state index is 0.132. The average Bonchev–Trinajstić information content (AvgIpc) is 2.83. The topological polar surface area (TPSA) is 102 Å². The van der Waals surface area contributed by atoms with Crippen LogP contribution in [0.3, 0.4) is 0 Å². The van der Waals surface area contributed by atoms with Gasteiger partial charge in [0.2, 0.25) is 5.91 Å². The van der Waals surface area contributed by atoms with Crippen molar-refractivity contribution in [2.24, 2.45) is 11.7 Å². The summed E-state index contributed by atoms with van der Waals surface area (Å²) in [7, 11) is 0. The van der Waals surface area contributed by atoms with E-state index in [1.54, 1.807) is 12.1 Å². The van der Waals surface area contributed by atoms with E-state index in [0.717, 1.165) is 5.56 Å². The first kappa shape index (κ1) is 13.5. The normalized spacial score (nSPS) is 22.2. The third-order valence-corrected chi connectivity index (χ3v) is 3.13. The number of ether oxygens (including phenoxy) is 1. The third kappa shape index (κ3) is 3.30. The van der Waals surface area contributed by atoms with E-state index in [1.165, 1.54) is 12.1 Å². The molecule has 0 saturated carbocycles. The maximum absolute atomic E-state index is 11.8. The Labute approximate surface area is 110 Å². The van der Waals surface area contributed by atoms with Gasteiger partial charge in [-0.3, -0.25) is 4.79 Å². The minimum Gasteiger partial charge on any atom is -0.478 e. The number of rotatable bonds is 4. The van der Waals surface area contributed by atoms with Crippen molar-refractivity contribution in [2.45, 2.75) is 12.6 Å². The molecule has 0 radical (unpaired) electrons. The zero-order chi connectivity index (χ0) is 13.8. The quantitative estimate of drug-likeness (QED) is 0.709. The first-order chi connectivity index (χ1) is 9.08. The minimum atomic E-state index is -0.968. The Bertz CT molecular complexity index is 472. The Balaban J connectivity index is 1.88. The maximum atomic E-state index is 11.8. The van der Waals surface area contributed by atoms with Crippen LogP contribution in [0.4, 0.5) is 0 Å². The van der Waals surface area contributed by atoms with E-state index in [0.29, 0.717) is 19.8 Å². The summed E-state index contributed by atoms with van der Waals surface area (Å²) < 4.78 is 5.13. The number of carboxylic acids is 1. The largest absolute Gasteiger partial charge is 0.478 e. The van der Waals surface area contributed by atoms with E-state index in [4.69, 9.17) is 15.6 Å². The van der Waals surface area contributed by atoms with E-state index in [9.17, 15) is 9.59 Å². The summed E-state index contributed by atoms with van der Waals surface area (Å²) in [4.78, 5) is 22.5. The fourth-order valence-corrected chi connectivity index (χ4v) is 1.93. The van der Waals surface area contributed by atoms with Crippen molar-refractivity contribution in [3.8, 4) is 0 Å². The third-order valence-electron chi connectivity index (χ3n) is 3.13. The predicted octanol–water partition coefficient (Wildman–Crippen LogP) is -0.0253. The van der Waals surface area contributed by atoms with Crippen LogP contribution in [0.2, 0.25) is 0 Å². The Kier molecular flexibility index (Phi) is 4.13. The van der Waals surface area contributed by atoms with Crippen molar-refractivity contribution >= 4 is 11.9 Å². The molecule has 2 unspecified atom stereocenters. The van der Waals surface area contributed by atoms with Crippen molar-refractivity contribution in [3.63, 3.8) is 0 Å². The highest BCUT2D eigenvalue weighted by atomic mass is 16.5. The molecule has 1 amide bonds. The van der Waals surface area contributed by atoms with Crippen LogP contribution in [0, 0.1) is 5.92 Å². The monoisotopic (exact) mass is 264 g/mol. The second-order valence-corrected chi connectivity index (χ2v) is 4.53. The molecule has 6 nitrogen and oxygen atoms in total. The molecule has 1 fully saturated rings. The average molecular weight is 264 g/mol. The lowest BCUT2D eigenvalue weighted by Gasteiger charge is -2.13. The summed E-state index contributed by atoms with van der Waals surface area (Å²) in [6, 6.07) is 6.11. The molecule has 6 heteroatoms. The van der Waals surface area contributed by atoms with Crippen LogP contribution in [0.5, 0.6) is 0 Å². The molecular weight excluding hydrogens is 248 g/mol. The number of aromatic carboxylic acids is 1. The summed E-state index contributed by atoms with van der Waals surface area (Å²) in [5.74, 6) is -1.41. The van der Waals surface area contributed by atoms with Crippen LogP contribution < -0.4 is 11.1 Å². The van der Waals surface area contributed by atoms with Gasteiger partial charge in [-0.25, -0.2) is 4.79 Å². The second-order valence-electron chi connectivity index (χ2n) is 4.53. The first-order valence-corrected chi connectivity index (χ1v) is 6.01. The van der Waals surface area contributed by atoms with Crippen molar-refractivity contribution in [1.29, 1.82) is 0 Å². The molecule has 0 spiro atoms. The molecule has 2 rings (SSSR count). The fourth-order valence-electron chi connectivity index (χ4n) is 1.93. The predicted molar refractivity (Wildman–Crippen MR) is 67.5 cm³/mol. The van der Waals surface area contributed by atoms with Crippen molar-refractivity contribution in [2.75, 3.05) is 13.2 Å². The number of nitrogens with one attached hydrogen (secondary N) is 1. The van der Waals surface area contributed by atoms with Crippen LogP contribution in [-0.4, -0.2) is 36.2 Å². The molecule has 1 aliphatic heterocycles. The Hall–Kier alpha value is -1.92. The molecule has 1 aliphatic rings. The van der Waals surface area contributed by atoms with E-state index in [1.807, 2.05) is 0 Å². The molecule has 102 valence electrons. The summed E-state index contributed by atoms with van der Waals surface area (Å²) in [5.41, 5.74) is 6.81. The standard InChI is InChI=1S/C13H16N2O4/c14-11-7-19-6-10(11)12(16)15-5-8-1-3-9(4-2-8)13(17)18/h1-4,10-11H,5-7,14H2,(H,15,16)(H,17,18). The lowest BCUT2D eigenvalue weighted by Crippen LogP contribution is -2.40. The highest BCUT2D eigenvalue weighted by Crippen LogP contribution is 2.12. The molecule has 4 N–H and O–H groups in total. The van der Waals surface area contributed by atoms with Crippen LogP contribution in [0.1, 0.15) is 15.9 Å². The van der Waals surface area contributed by atoms with Gasteiger partial charge in [0.15, 0.2) is 0 Å². The van der Waals surface area contributed by atoms with E-state index < -0.39 is 5.97 Å². The number of carbonyl (C=O) groups is 2. The molecule has 2 atom stereocenters. The highest BCUT2D eigenvalue weighted by molar-refractivity contribution is 5.87. The SMILES string of the molecule is NC1COCC1C(=O)NCc1ccc(C(=O)O)cc1. The van der Waals surface area contributed by atoms with Gasteiger partial charge < -0.3 is 20.9 Å². The zero-order valence-electron chi connectivity index (χ0n) is 10.3. The van der Waals surface area contributed by atoms with E-state index in [2.05, 4.69) is 5.32 Å². The van der Waals surface area contributed by atoms with Gasteiger partial charge in [-0.2, -0.15) is 0 Å². The number of hydrogen-bond donors (Lipinski definition) is 3. The highest BCUT2D eigenvalue weighted by Gasteiger charge is 2.30. The van der Waals surface area contributed by atoms with Gasteiger partial charge in [-0.05, 0) is 17.7 Å². The van der Waals surface area contributed by atoms with E-state index in [-0.39, 0.29) is 23.4 Å². The molecule has 0 aromatic heterocycles. The van der Waals surface area contributed by atoms with Crippen LogP contribution in [-0.2, 0) is 16.1 Å². The molecule has 19 heavy (non-hydrogen) atoms. The van der Waals surface area contributed by atoms with E-state index >= 15 is 0 Å². The summed E-state index contributed by atoms with van der Waals surface area (Å²) >= 11 is 0. The lowest BCUT2D eigenvalue weighted by atomic mass is 10.0. The number of benzene rings is 1. The Morgan fingerprint density at radius 1 is 1.32 bits per heavy atom. The van der Waals surface area contributed by atoms with Gasteiger partial charge >= 0.3 is 5.97 Å². The van der Waals surface area contributed by atoms with Crippen LogP contribution in [0.25, 0.3) is 0 Å². The molecule has 0 bridgehead atoms. The molecular formula is C13H16N2O4. The van der Waals surface area contributed by atoms with Crippen molar-refractivity contribution in [1.82, 2.24) is 5.32 Å². The number of hydrogen-bond acceptors (Lipinski definition) is 4. The lowest BCUT2D eigenvalue weighted by molar-refractivity contribution is -0.125. The molecule has 1 saturated heterocycles. The van der Waals surface area contributed by atoms with Crippen molar-refractivity contribution < 1.29 is 19.4 Å². The van der Waals surface area contributed by atoms with Gasteiger partial charge in [-0.15, -0.1) is 0 Å². The molecule has 1 aromatic carbocycles. The zero-order valence-corrected chi connectivity index (χ0v) is 10.3. The van der Waals surface area contributed by atoms with Gasteiger partial charge in [0.1, 0.15) is 0 Å². The second kappa shape index (κ2) is 5.81. The Morgan fingerprint density at radius 3 is 2.53 bits per heavy atom. The molecule has 1 aromatic rings. The fraction of sp³-hybridized carbons (Fsp3) is 0.385. The number of nitrogens with two attached hydrogens (primary N) is 1. The van der Waals surface area contributed by atoms with Crippen LogP contribution in [0.15, 0.2) is 24.3 Å². The molecule has 0 aliphatic carbocycles. The smallest absolute Gasteiger partial charge is 0.335 e. The number of amides is 1. The molecule has 1 heterocycles. The summed E-state index contributed by atoms with van der Waals surface area (Å²) in [6.07, 6.45) is 0. The Morgan fingerprint density at radius 2 is 2.00 bits per heavy atom. The summed E-state index contributed by atoms with van der Waals surface area (Å²) in [5, 5.41) is 11.5. The summed E-state index contributed by atoms with van der Waals surface area (Å²) in [6.45, 7) is 1.11. The first-order valence-electron chi connectivity index (χ1n) is 6.01. The van der Waals surface area contributed by atoms with Crippen LogP contribution >= 0.6 is 0 Å². The van der Waals surface area contributed by atoms with Crippen molar-refractivity contribution in [3.05, 3.63) is 35.4 Å². The van der Waals surface area contributed by atoms with Gasteiger partial charge in [-0.1, -0.05) is 12.1 Å². The van der Waals surface area contributed by atoms with Gasteiger partial charge in [0, 0.05) is 12.6 Å². The number of carbonyl (C=O) groups excluding carboxylic acids is 1.